The summed E-state index contributed by atoms with van der Waals surface area (Å²) in [4.78, 5) is 10.5. The first-order valence-electron chi connectivity index (χ1n) is 10.0. The van der Waals surface area contributed by atoms with E-state index in [0.29, 0.717) is 18.8 Å². The largest absolute Gasteiger partial charge is 0.481 e. The predicted octanol–water partition coefficient (Wildman–Crippen LogP) is 4.12. The fourth-order valence-corrected chi connectivity index (χ4v) is 3.72. The van der Waals surface area contributed by atoms with Gasteiger partial charge in [-0.25, -0.2) is 0 Å². The minimum atomic E-state index is -0.752. The Morgan fingerprint density at radius 2 is 1.96 bits per heavy atom. The molecule has 0 saturated heterocycles. The highest BCUT2D eigenvalue weighted by molar-refractivity contribution is 5.66. The summed E-state index contributed by atoms with van der Waals surface area (Å²) >= 11 is 0. The van der Waals surface area contributed by atoms with Crippen molar-refractivity contribution in [2.75, 3.05) is 0 Å². The van der Waals surface area contributed by atoms with Crippen LogP contribution >= 0.6 is 0 Å². The molecule has 0 spiro atoms. The molecule has 1 fully saturated rings. The second-order valence-corrected chi connectivity index (χ2v) is 7.45. The van der Waals surface area contributed by atoms with Gasteiger partial charge < -0.3 is 15.3 Å². The van der Waals surface area contributed by atoms with E-state index in [0.717, 1.165) is 32.1 Å². The van der Waals surface area contributed by atoms with Crippen LogP contribution in [-0.2, 0) is 11.2 Å². The Balaban J connectivity index is 1.75. The summed E-state index contributed by atoms with van der Waals surface area (Å²) in [5, 5.41) is 29.1. The van der Waals surface area contributed by atoms with Crippen molar-refractivity contribution in [3.8, 4) is 0 Å². The number of rotatable bonds is 11. The number of aryl methyl sites for hydroxylation is 1. The lowest BCUT2D eigenvalue weighted by molar-refractivity contribution is -0.137. The standard InChI is InChI=1S/C23H32O4/c24-20(14-12-18-8-4-3-5-9-18)15-16-21-19(13-17-22(21)25)10-6-1-2-7-11-23(26)27/h1,3-6,8-9,15-16,19-22,24-25H,2,7,10-14,17H2,(H,26,27)/b6-1-,16-15+/t19-,20-,21?,22+/m0/s1. The number of aliphatic hydroxyl groups excluding tert-OH is 2. The van der Waals surface area contributed by atoms with Crippen molar-refractivity contribution in [1.82, 2.24) is 0 Å². The number of carbonyl (C=O) groups is 1. The number of aliphatic hydroxyl groups is 2. The molecular formula is C23H32O4. The molecule has 1 aromatic carbocycles. The lowest BCUT2D eigenvalue weighted by atomic mass is 9.90. The van der Waals surface area contributed by atoms with Gasteiger partial charge in [-0.15, -0.1) is 0 Å². The molecule has 1 saturated carbocycles. The lowest BCUT2D eigenvalue weighted by Crippen LogP contribution is -2.17. The molecule has 0 bridgehead atoms. The minimum Gasteiger partial charge on any atom is -0.481 e. The quantitative estimate of drug-likeness (QED) is 0.403. The van der Waals surface area contributed by atoms with Crippen molar-refractivity contribution >= 4 is 5.97 Å². The zero-order valence-corrected chi connectivity index (χ0v) is 15.9. The van der Waals surface area contributed by atoms with E-state index in [2.05, 4.69) is 18.2 Å². The second kappa shape index (κ2) is 11.7. The zero-order chi connectivity index (χ0) is 19.5. The van der Waals surface area contributed by atoms with Gasteiger partial charge in [0, 0.05) is 12.3 Å². The SMILES string of the molecule is O=C(O)CCC/C=C\C[C@H]1CC[C@@H](O)C1/C=C/[C@@H](O)CCc1ccccc1. The number of benzene rings is 1. The summed E-state index contributed by atoms with van der Waals surface area (Å²) < 4.78 is 0. The maximum absolute atomic E-state index is 10.5. The highest BCUT2D eigenvalue weighted by Gasteiger charge is 2.32. The van der Waals surface area contributed by atoms with Gasteiger partial charge in [-0.1, -0.05) is 54.6 Å². The van der Waals surface area contributed by atoms with Crippen molar-refractivity contribution < 1.29 is 20.1 Å². The molecule has 0 aliphatic heterocycles. The Labute approximate surface area is 162 Å². The summed E-state index contributed by atoms with van der Waals surface area (Å²) in [6.07, 6.45) is 13.0. The van der Waals surface area contributed by atoms with Crippen molar-refractivity contribution in [3.05, 3.63) is 60.2 Å². The molecule has 0 aromatic heterocycles. The molecule has 1 aliphatic carbocycles. The van der Waals surface area contributed by atoms with Gasteiger partial charge in [0.2, 0.25) is 0 Å². The van der Waals surface area contributed by atoms with E-state index in [1.54, 1.807) is 0 Å². The third-order valence-electron chi connectivity index (χ3n) is 5.32. The molecule has 148 valence electrons. The average molecular weight is 373 g/mol. The molecule has 27 heavy (non-hydrogen) atoms. The van der Waals surface area contributed by atoms with Gasteiger partial charge >= 0.3 is 5.97 Å². The van der Waals surface area contributed by atoms with Gasteiger partial charge in [-0.05, 0) is 56.4 Å². The third-order valence-corrected chi connectivity index (χ3v) is 5.32. The first kappa shape index (κ1) is 21.4. The van der Waals surface area contributed by atoms with Crippen LogP contribution < -0.4 is 0 Å². The van der Waals surface area contributed by atoms with Crippen LogP contribution in [-0.4, -0.2) is 33.5 Å². The molecule has 2 rings (SSSR count). The monoisotopic (exact) mass is 372 g/mol. The fraction of sp³-hybridized carbons (Fsp3) is 0.522. The fourth-order valence-electron chi connectivity index (χ4n) is 3.72. The van der Waals surface area contributed by atoms with Crippen LogP contribution in [0.15, 0.2) is 54.6 Å². The van der Waals surface area contributed by atoms with Gasteiger partial charge in [0.05, 0.1) is 12.2 Å². The third kappa shape index (κ3) is 8.10. The lowest BCUT2D eigenvalue weighted by Gasteiger charge is -2.18. The summed E-state index contributed by atoms with van der Waals surface area (Å²) in [5.74, 6) is -0.285. The molecule has 0 heterocycles. The van der Waals surface area contributed by atoms with E-state index in [4.69, 9.17) is 5.11 Å². The van der Waals surface area contributed by atoms with Crippen LogP contribution in [0.2, 0.25) is 0 Å². The van der Waals surface area contributed by atoms with Crippen molar-refractivity contribution in [2.45, 2.75) is 63.6 Å². The highest BCUT2D eigenvalue weighted by Crippen LogP contribution is 2.36. The van der Waals surface area contributed by atoms with E-state index in [9.17, 15) is 15.0 Å². The van der Waals surface area contributed by atoms with Gasteiger partial charge in [0.15, 0.2) is 0 Å². The Kier molecular flexibility index (Phi) is 9.29. The Bertz CT molecular complexity index is 608. The maximum atomic E-state index is 10.5. The molecule has 1 aromatic rings. The number of carboxylic acids is 1. The highest BCUT2D eigenvalue weighted by atomic mass is 16.4. The van der Waals surface area contributed by atoms with E-state index < -0.39 is 12.1 Å². The number of aliphatic carboxylic acids is 1. The number of allylic oxidation sites excluding steroid dienone is 2. The van der Waals surface area contributed by atoms with E-state index in [1.807, 2.05) is 36.4 Å². The Morgan fingerprint density at radius 1 is 1.19 bits per heavy atom. The van der Waals surface area contributed by atoms with Gasteiger partial charge in [0.1, 0.15) is 0 Å². The molecule has 3 N–H and O–H groups in total. The van der Waals surface area contributed by atoms with Crippen LogP contribution in [0.1, 0.15) is 50.5 Å². The molecular weight excluding hydrogens is 340 g/mol. The van der Waals surface area contributed by atoms with Crippen LogP contribution in [0, 0.1) is 11.8 Å². The van der Waals surface area contributed by atoms with Crippen LogP contribution in [0.4, 0.5) is 0 Å². The zero-order valence-electron chi connectivity index (χ0n) is 15.9. The molecule has 1 unspecified atom stereocenters. The van der Waals surface area contributed by atoms with E-state index >= 15 is 0 Å². The van der Waals surface area contributed by atoms with Crippen LogP contribution in [0.3, 0.4) is 0 Å². The molecule has 4 heteroatoms. The van der Waals surface area contributed by atoms with Crippen molar-refractivity contribution in [3.63, 3.8) is 0 Å². The summed E-state index contributed by atoms with van der Waals surface area (Å²) in [6, 6.07) is 10.1. The Morgan fingerprint density at radius 3 is 2.70 bits per heavy atom. The minimum absolute atomic E-state index is 0.0834. The average Bonchev–Trinajstić information content (AvgIpc) is 3.01. The Hall–Kier alpha value is -1.91. The smallest absolute Gasteiger partial charge is 0.303 e. The number of hydrogen-bond acceptors (Lipinski definition) is 3. The first-order valence-corrected chi connectivity index (χ1v) is 10.0. The van der Waals surface area contributed by atoms with E-state index in [1.165, 1.54) is 5.56 Å². The topological polar surface area (TPSA) is 77.8 Å². The molecule has 4 atom stereocenters. The normalized spacial score (nSPS) is 24.0. The molecule has 1 aliphatic rings. The van der Waals surface area contributed by atoms with Crippen molar-refractivity contribution in [2.24, 2.45) is 11.8 Å². The molecule has 0 radical (unpaired) electrons. The molecule has 0 amide bonds. The van der Waals surface area contributed by atoms with Gasteiger partial charge in [0.25, 0.3) is 0 Å². The second-order valence-electron chi connectivity index (χ2n) is 7.45. The number of carboxylic acid groups (broad SMARTS) is 1. The van der Waals surface area contributed by atoms with Crippen LogP contribution in [0.25, 0.3) is 0 Å². The van der Waals surface area contributed by atoms with Gasteiger partial charge in [-0.3, -0.25) is 4.79 Å². The summed E-state index contributed by atoms with van der Waals surface area (Å²) in [7, 11) is 0. The summed E-state index contributed by atoms with van der Waals surface area (Å²) in [5.41, 5.74) is 1.22. The number of unbranched alkanes of at least 4 members (excludes halogenated alkanes) is 1. The first-order chi connectivity index (χ1) is 13.1. The summed E-state index contributed by atoms with van der Waals surface area (Å²) in [6.45, 7) is 0. The maximum Gasteiger partial charge on any atom is 0.303 e. The predicted molar refractivity (Wildman–Crippen MR) is 107 cm³/mol. The molecule has 4 nitrogen and oxygen atoms in total. The van der Waals surface area contributed by atoms with E-state index in [-0.39, 0.29) is 18.4 Å². The van der Waals surface area contributed by atoms with Gasteiger partial charge in [-0.2, -0.15) is 0 Å². The van der Waals surface area contributed by atoms with Crippen molar-refractivity contribution in [1.29, 1.82) is 0 Å². The number of hydrogen-bond donors (Lipinski definition) is 3. The van der Waals surface area contributed by atoms with Crippen LogP contribution in [0.5, 0.6) is 0 Å².